The average Bonchev–Trinajstić information content (AvgIpc) is 2.78. The molecule has 0 saturated carbocycles. The molecule has 2 N–H and O–H groups in total. The number of amides is 2. The highest BCUT2D eigenvalue weighted by Gasteiger charge is 2.20. The van der Waals surface area contributed by atoms with Gasteiger partial charge in [0.25, 0.3) is 11.8 Å². The zero-order valence-corrected chi connectivity index (χ0v) is 16.2. The molecule has 0 spiro atoms. The van der Waals surface area contributed by atoms with E-state index in [-0.39, 0.29) is 5.56 Å². The molecule has 7 nitrogen and oxygen atoms in total. The zero-order chi connectivity index (χ0) is 21.3. The fraction of sp³-hybridized carbons (Fsp3) is 0.0870. The molecule has 7 heteroatoms. The third-order valence-electron chi connectivity index (χ3n) is 4.04. The number of hydrogen-bond acceptors (Lipinski definition) is 5. The summed E-state index contributed by atoms with van der Waals surface area (Å²) in [7, 11) is 0. The van der Waals surface area contributed by atoms with E-state index in [9.17, 15) is 14.4 Å². The predicted octanol–water partition coefficient (Wildman–Crippen LogP) is 3.49. The number of carbonyl (C=O) groups excluding carboxylic acids is 3. The van der Waals surface area contributed by atoms with E-state index < -0.39 is 23.9 Å². The summed E-state index contributed by atoms with van der Waals surface area (Å²) >= 11 is 0. The molecule has 0 bridgehead atoms. The maximum atomic E-state index is 12.4. The molecule has 0 heterocycles. The van der Waals surface area contributed by atoms with E-state index in [0.717, 1.165) is 0 Å². The number of benzene rings is 3. The number of ether oxygens (including phenoxy) is 2. The fourth-order valence-electron chi connectivity index (χ4n) is 2.47. The monoisotopic (exact) mass is 404 g/mol. The van der Waals surface area contributed by atoms with Crippen LogP contribution in [0.3, 0.4) is 0 Å². The molecule has 3 aromatic rings. The second-order valence-corrected chi connectivity index (χ2v) is 6.30. The van der Waals surface area contributed by atoms with Crippen molar-refractivity contribution in [1.29, 1.82) is 0 Å². The number of carbonyl (C=O) groups is 3. The summed E-state index contributed by atoms with van der Waals surface area (Å²) in [4.78, 5) is 36.5. The van der Waals surface area contributed by atoms with Crippen LogP contribution in [0.1, 0.15) is 27.6 Å². The van der Waals surface area contributed by atoms with E-state index in [1.54, 1.807) is 60.7 Å². The van der Waals surface area contributed by atoms with Crippen LogP contribution in [0.2, 0.25) is 0 Å². The number of hydrogen-bond donors (Lipinski definition) is 2. The summed E-state index contributed by atoms with van der Waals surface area (Å²) in [5.41, 5.74) is 5.14. The minimum Gasteiger partial charge on any atom is -0.457 e. The van der Waals surface area contributed by atoms with E-state index in [1.165, 1.54) is 13.0 Å². The Hall–Kier alpha value is -4.13. The van der Waals surface area contributed by atoms with Crippen LogP contribution in [0.25, 0.3) is 0 Å². The van der Waals surface area contributed by atoms with Gasteiger partial charge in [0.1, 0.15) is 11.5 Å². The molecule has 0 aromatic heterocycles. The first-order chi connectivity index (χ1) is 14.5. The highest BCUT2D eigenvalue weighted by atomic mass is 16.5. The molecule has 3 rings (SSSR count). The van der Waals surface area contributed by atoms with Crippen LogP contribution in [0.5, 0.6) is 11.5 Å². The lowest BCUT2D eigenvalue weighted by molar-refractivity contribution is -0.129. The Morgan fingerprint density at radius 3 is 2.03 bits per heavy atom. The summed E-state index contributed by atoms with van der Waals surface area (Å²) in [5, 5.41) is 0. The average molecular weight is 404 g/mol. The van der Waals surface area contributed by atoms with Gasteiger partial charge in [-0.05, 0) is 49.4 Å². The first kappa shape index (κ1) is 20.6. The molecule has 2 amide bonds. The van der Waals surface area contributed by atoms with Crippen LogP contribution in [0, 0.1) is 0 Å². The lowest BCUT2D eigenvalue weighted by Gasteiger charge is -2.14. The molecule has 0 fully saturated rings. The molecule has 30 heavy (non-hydrogen) atoms. The van der Waals surface area contributed by atoms with Gasteiger partial charge in [-0.1, -0.05) is 42.5 Å². The summed E-state index contributed by atoms with van der Waals surface area (Å²) in [6.45, 7) is 1.41. The van der Waals surface area contributed by atoms with E-state index in [4.69, 9.17) is 9.47 Å². The van der Waals surface area contributed by atoms with Crippen molar-refractivity contribution >= 4 is 17.8 Å². The Bertz CT molecular complexity index is 1020. The molecule has 1 atom stereocenters. The Morgan fingerprint density at radius 1 is 0.733 bits per heavy atom. The smallest absolute Gasteiger partial charge is 0.339 e. The number of esters is 1. The third-order valence-corrected chi connectivity index (χ3v) is 4.04. The summed E-state index contributed by atoms with van der Waals surface area (Å²) in [6.07, 6.45) is -1.12. The summed E-state index contributed by atoms with van der Waals surface area (Å²) < 4.78 is 10.9. The van der Waals surface area contributed by atoms with Gasteiger partial charge >= 0.3 is 5.97 Å². The highest BCUT2D eigenvalue weighted by Crippen LogP contribution is 2.22. The van der Waals surface area contributed by atoms with Gasteiger partial charge < -0.3 is 9.47 Å². The number of para-hydroxylation sites is 1. The van der Waals surface area contributed by atoms with E-state index in [2.05, 4.69) is 10.9 Å². The summed E-state index contributed by atoms with van der Waals surface area (Å²) in [5.74, 6) is -0.740. The lowest BCUT2D eigenvalue weighted by Crippen LogP contribution is -2.46. The van der Waals surface area contributed by atoms with Gasteiger partial charge in [-0.3, -0.25) is 20.4 Å². The standard InChI is InChI=1S/C23H20N2O5/c1-16(21(26)24-25-22(27)17-9-4-2-5-10-17)29-23(28)18-11-8-14-20(15-18)30-19-12-6-3-7-13-19/h2-16H,1H3,(H,24,26)(H,25,27)/t16-/m1/s1. The molecule has 0 aliphatic carbocycles. The molecular weight excluding hydrogens is 384 g/mol. The molecule has 0 aliphatic rings. The molecule has 0 unspecified atom stereocenters. The second-order valence-electron chi connectivity index (χ2n) is 6.30. The van der Waals surface area contributed by atoms with Crippen LogP contribution in [-0.4, -0.2) is 23.9 Å². The van der Waals surface area contributed by atoms with E-state index in [0.29, 0.717) is 17.1 Å². The molecule has 0 saturated heterocycles. The predicted molar refractivity (Wildman–Crippen MR) is 110 cm³/mol. The molecule has 0 aliphatic heterocycles. The SMILES string of the molecule is C[C@@H](OC(=O)c1cccc(Oc2ccccc2)c1)C(=O)NNC(=O)c1ccccc1. The van der Waals surface area contributed by atoms with Crippen molar-refractivity contribution < 1.29 is 23.9 Å². The second kappa shape index (κ2) is 9.88. The van der Waals surface area contributed by atoms with E-state index in [1.807, 2.05) is 18.2 Å². The van der Waals surface area contributed by atoms with Crippen molar-refractivity contribution in [2.45, 2.75) is 13.0 Å². The number of nitrogens with one attached hydrogen (secondary N) is 2. The van der Waals surface area contributed by atoms with Crippen molar-refractivity contribution in [2.24, 2.45) is 0 Å². The molecule has 152 valence electrons. The van der Waals surface area contributed by atoms with Crippen molar-refractivity contribution in [3.05, 3.63) is 96.1 Å². The Kier molecular flexibility index (Phi) is 6.78. The van der Waals surface area contributed by atoms with Gasteiger partial charge in [0.15, 0.2) is 6.10 Å². The van der Waals surface area contributed by atoms with Crippen LogP contribution < -0.4 is 15.6 Å². The Labute approximate surface area is 173 Å². The molecular formula is C23H20N2O5. The number of hydrazine groups is 1. The largest absolute Gasteiger partial charge is 0.457 e. The van der Waals surface area contributed by atoms with E-state index >= 15 is 0 Å². The first-order valence-corrected chi connectivity index (χ1v) is 9.22. The van der Waals surface area contributed by atoms with Gasteiger partial charge in [-0.15, -0.1) is 0 Å². The van der Waals surface area contributed by atoms with Crippen LogP contribution in [0.15, 0.2) is 84.9 Å². The van der Waals surface area contributed by atoms with Gasteiger partial charge in [-0.25, -0.2) is 4.79 Å². The first-order valence-electron chi connectivity index (χ1n) is 9.22. The highest BCUT2D eigenvalue weighted by molar-refractivity contribution is 5.96. The normalized spacial score (nSPS) is 11.1. The van der Waals surface area contributed by atoms with Gasteiger partial charge in [0, 0.05) is 5.56 Å². The topological polar surface area (TPSA) is 93.7 Å². The maximum absolute atomic E-state index is 12.4. The number of rotatable bonds is 6. The van der Waals surface area contributed by atoms with Crippen molar-refractivity contribution in [1.82, 2.24) is 10.9 Å². The quantitative estimate of drug-likeness (QED) is 0.485. The zero-order valence-electron chi connectivity index (χ0n) is 16.2. The van der Waals surface area contributed by atoms with Crippen LogP contribution in [0.4, 0.5) is 0 Å². The minimum absolute atomic E-state index is 0.233. The van der Waals surface area contributed by atoms with Gasteiger partial charge in [0.2, 0.25) is 0 Å². The molecule has 3 aromatic carbocycles. The van der Waals surface area contributed by atoms with Crippen LogP contribution >= 0.6 is 0 Å². The third kappa shape index (κ3) is 5.68. The lowest BCUT2D eigenvalue weighted by atomic mass is 10.2. The van der Waals surface area contributed by atoms with Gasteiger partial charge in [-0.2, -0.15) is 0 Å². The van der Waals surface area contributed by atoms with Crippen molar-refractivity contribution in [2.75, 3.05) is 0 Å². The van der Waals surface area contributed by atoms with Crippen molar-refractivity contribution in [3.63, 3.8) is 0 Å². The minimum atomic E-state index is -1.12. The van der Waals surface area contributed by atoms with Crippen LogP contribution in [-0.2, 0) is 9.53 Å². The fourth-order valence-corrected chi connectivity index (χ4v) is 2.47. The van der Waals surface area contributed by atoms with Gasteiger partial charge in [0.05, 0.1) is 5.56 Å². The molecule has 0 radical (unpaired) electrons. The summed E-state index contributed by atoms with van der Waals surface area (Å²) in [6, 6.07) is 24.0. The Balaban J connectivity index is 1.54. The maximum Gasteiger partial charge on any atom is 0.339 e. The van der Waals surface area contributed by atoms with Crippen molar-refractivity contribution in [3.8, 4) is 11.5 Å². The Morgan fingerprint density at radius 2 is 1.33 bits per heavy atom.